The molecular formula is C14H13Cl3N4. The van der Waals surface area contributed by atoms with Crippen molar-refractivity contribution >= 4 is 46.0 Å². The van der Waals surface area contributed by atoms with Gasteiger partial charge in [0.1, 0.15) is 11.3 Å². The number of alkyl halides is 1. The van der Waals surface area contributed by atoms with Crippen LogP contribution in [0.15, 0.2) is 18.2 Å². The van der Waals surface area contributed by atoms with Gasteiger partial charge in [-0.1, -0.05) is 23.2 Å². The molecule has 0 amide bonds. The predicted molar refractivity (Wildman–Crippen MR) is 86.8 cm³/mol. The minimum Gasteiger partial charge on any atom is -0.278 e. The van der Waals surface area contributed by atoms with E-state index in [1.54, 1.807) is 12.1 Å². The van der Waals surface area contributed by atoms with Crippen molar-refractivity contribution in [2.24, 2.45) is 0 Å². The van der Waals surface area contributed by atoms with Gasteiger partial charge in [-0.25, -0.2) is 9.67 Å². The number of hydrogen-bond acceptors (Lipinski definition) is 2. The van der Waals surface area contributed by atoms with Gasteiger partial charge < -0.3 is 0 Å². The molecule has 7 heteroatoms. The third kappa shape index (κ3) is 2.31. The molecule has 0 spiro atoms. The third-order valence-electron chi connectivity index (χ3n) is 3.35. The van der Waals surface area contributed by atoms with E-state index in [4.69, 9.17) is 34.8 Å². The Bertz CT molecular complexity index is 819. The fraction of sp³-hybridized carbons (Fsp3) is 0.286. The molecule has 110 valence electrons. The van der Waals surface area contributed by atoms with Crippen LogP contribution in [0.5, 0.6) is 0 Å². The van der Waals surface area contributed by atoms with Crippen molar-refractivity contribution < 1.29 is 0 Å². The maximum Gasteiger partial charge on any atom is 0.163 e. The predicted octanol–water partition coefficient (Wildman–Crippen LogP) is 4.60. The highest BCUT2D eigenvalue weighted by Crippen LogP contribution is 2.30. The zero-order valence-corrected chi connectivity index (χ0v) is 13.8. The van der Waals surface area contributed by atoms with Crippen LogP contribution in [-0.2, 0) is 12.4 Å². The smallest absolute Gasteiger partial charge is 0.163 e. The first-order chi connectivity index (χ1) is 10.1. The lowest BCUT2D eigenvalue weighted by Crippen LogP contribution is -2.06. The van der Waals surface area contributed by atoms with Gasteiger partial charge >= 0.3 is 0 Å². The highest BCUT2D eigenvalue weighted by atomic mass is 35.5. The number of aromatic nitrogens is 4. The van der Waals surface area contributed by atoms with Crippen LogP contribution in [-0.4, -0.2) is 19.3 Å². The van der Waals surface area contributed by atoms with E-state index in [1.165, 1.54) is 0 Å². The number of hydrogen-bond donors (Lipinski definition) is 0. The maximum atomic E-state index is 6.34. The normalized spacial score (nSPS) is 11.5. The summed E-state index contributed by atoms with van der Waals surface area (Å²) in [5.41, 5.74) is 3.35. The Morgan fingerprint density at radius 3 is 2.67 bits per heavy atom. The lowest BCUT2D eigenvalue weighted by molar-refractivity contribution is 0.660. The average molecular weight is 344 g/mol. The summed E-state index contributed by atoms with van der Waals surface area (Å²) >= 11 is 18.5. The lowest BCUT2D eigenvalue weighted by Gasteiger charge is -2.11. The molecule has 0 bridgehead atoms. The summed E-state index contributed by atoms with van der Waals surface area (Å²) < 4.78 is 3.82. The summed E-state index contributed by atoms with van der Waals surface area (Å²) in [6, 6.07) is 5.33. The molecule has 0 N–H and O–H groups in total. The Balaban J connectivity index is 2.42. The van der Waals surface area contributed by atoms with Gasteiger partial charge in [-0.05, 0) is 32.0 Å². The van der Waals surface area contributed by atoms with Gasteiger partial charge in [-0.3, -0.25) is 4.57 Å². The van der Waals surface area contributed by atoms with E-state index < -0.39 is 0 Å². The van der Waals surface area contributed by atoms with Gasteiger partial charge in [0.25, 0.3) is 0 Å². The molecule has 0 aliphatic carbocycles. The highest BCUT2D eigenvalue weighted by molar-refractivity contribution is 6.34. The van der Waals surface area contributed by atoms with E-state index in [0.29, 0.717) is 10.0 Å². The molecule has 1 aromatic carbocycles. The topological polar surface area (TPSA) is 35.6 Å². The highest BCUT2D eigenvalue weighted by Gasteiger charge is 2.20. The molecule has 21 heavy (non-hydrogen) atoms. The van der Waals surface area contributed by atoms with Crippen LogP contribution in [0, 0.1) is 6.92 Å². The van der Waals surface area contributed by atoms with Crippen molar-refractivity contribution in [1.82, 2.24) is 19.3 Å². The number of halogens is 3. The molecule has 3 rings (SSSR count). The molecule has 0 atom stereocenters. The second-order valence-corrected chi connectivity index (χ2v) is 5.78. The summed E-state index contributed by atoms with van der Waals surface area (Å²) in [4.78, 5) is 4.59. The summed E-state index contributed by atoms with van der Waals surface area (Å²) in [6.45, 7) is 4.70. The zero-order valence-electron chi connectivity index (χ0n) is 11.6. The molecule has 4 nitrogen and oxygen atoms in total. The summed E-state index contributed by atoms with van der Waals surface area (Å²) in [5.74, 6) is 0.999. The fourth-order valence-electron chi connectivity index (χ4n) is 2.43. The van der Waals surface area contributed by atoms with E-state index in [0.717, 1.165) is 34.9 Å². The van der Waals surface area contributed by atoms with Crippen LogP contribution < -0.4 is 0 Å². The minimum atomic E-state index is 0.278. The molecular weight excluding hydrogens is 331 g/mol. The van der Waals surface area contributed by atoms with Crippen molar-refractivity contribution in [2.75, 3.05) is 0 Å². The van der Waals surface area contributed by atoms with E-state index in [-0.39, 0.29) is 5.88 Å². The quantitative estimate of drug-likeness (QED) is 0.652. The standard InChI is InChI=1S/C14H13Cl3N4/c1-3-20-14-13(8(2)19-20)18-12(7-15)21(14)11-6-9(16)4-5-10(11)17/h4-6H,3,7H2,1-2H3. The SMILES string of the molecule is CCn1nc(C)c2nc(CCl)n(-c3cc(Cl)ccc3Cl)c21. The molecule has 0 aliphatic rings. The lowest BCUT2D eigenvalue weighted by atomic mass is 10.3. The van der Waals surface area contributed by atoms with E-state index in [9.17, 15) is 0 Å². The van der Waals surface area contributed by atoms with Crippen LogP contribution >= 0.6 is 34.8 Å². The van der Waals surface area contributed by atoms with Crippen molar-refractivity contribution in [3.63, 3.8) is 0 Å². The number of imidazole rings is 1. The Morgan fingerprint density at radius 1 is 1.24 bits per heavy atom. The molecule has 0 saturated heterocycles. The Hall–Kier alpha value is -1.23. The molecule has 0 unspecified atom stereocenters. The fourth-order valence-corrected chi connectivity index (χ4v) is 2.98. The Labute approximate surface area is 137 Å². The second-order valence-electron chi connectivity index (χ2n) is 4.67. The van der Waals surface area contributed by atoms with Crippen LogP contribution in [0.4, 0.5) is 0 Å². The monoisotopic (exact) mass is 342 g/mol. The summed E-state index contributed by atoms with van der Waals surface area (Å²) in [7, 11) is 0. The zero-order chi connectivity index (χ0) is 15.1. The molecule has 3 aromatic rings. The number of aryl methyl sites for hydroxylation is 2. The van der Waals surface area contributed by atoms with Gasteiger partial charge in [-0.2, -0.15) is 5.10 Å². The van der Waals surface area contributed by atoms with Crippen molar-refractivity contribution in [2.45, 2.75) is 26.3 Å². The first kappa shape index (κ1) is 14.7. The van der Waals surface area contributed by atoms with E-state index >= 15 is 0 Å². The van der Waals surface area contributed by atoms with Gasteiger partial charge in [-0.15, -0.1) is 11.6 Å². The number of fused-ring (bicyclic) bond motifs is 1. The first-order valence-corrected chi connectivity index (χ1v) is 7.82. The van der Waals surface area contributed by atoms with E-state index in [1.807, 2.05) is 29.2 Å². The summed E-state index contributed by atoms with van der Waals surface area (Å²) in [6.07, 6.45) is 0. The minimum absolute atomic E-state index is 0.278. The molecule has 2 aromatic heterocycles. The largest absolute Gasteiger partial charge is 0.278 e. The third-order valence-corrected chi connectivity index (χ3v) is 4.14. The van der Waals surface area contributed by atoms with E-state index in [2.05, 4.69) is 10.1 Å². The molecule has 0 aliphatic heterocycles. The number of rotatable bonds is 3. The number of benzene rings is 1. The van der Waals surface area contributed by atoms with Crippen LogP contribution in [0.1, 0.15) is 18.4 Å². The summed E-state index contributed by atoms with van der Waals surface area (Å²) in [5, 5.41) is 5.69. The average Bonchev–Trinajstić information content (AvgIpc) is 2.99. The van der Waals surface area contributed by atoms with Crippen LogP contribution in [0.3, 0.4) is 0 Å². The Morgan fingerprint density at radius 2 is 2.00 bits per heavy atom. The molecule has 0 fully saturated rings. The molecule has 0 radical (unpaired) electrons. The van der Waals surface area contributed by atoms with Crippen molar-refractivity contribution in [3.05, 3.63) is 39.8 Å². The van der Waals surface area contributed by atoms with Gasteiger partial charge in [0.15, 0.2) is 5.65 Å². The van der Waals surface area contributed by atoms with Crippen molar-refractivity contribution in [1.29, 1.82) is 0 Å². The van der Waals surface area contributed by atoms with Crippen LogP contribution in [0.25, 0.3) is 16.9 Å². The second kappa shape index (κ2) is 5.52. The van der Waals surface area contributed by atoms with Crippen LogP contribution in [0.2, 0.25) is 10.0 Å². The van der Waals surface area contributed by atoms with Crippen molar-refractivity contribution in [3.8, 4) is 5.69 Å². The molecule has 2 heterocycles. The maximum absolute atomic E-state index is 6.34. The molecule has 0 saturated carbocycles. The number of nitrogens with zero attached hydrogens (tertiary/aromatic N) is 4. The van der Waals surface area contributed by atoms with Gasteiger partial charge in [0.2, 0.25) is 0 Å². The van der Waals surface area contributed by atoms with Gasteiger partial charge in [0.05, 0.1) is 22.3 Å². The Kier molecular flexibility index (Phi) is 3.86. The van der Waals surface area contributed by atoms with Gasteiger partial charge in [0, 0.05) is 11.6 Å². The first-order valence-electron chi connectivity index (χ1n) is 6.53.